The first-order valence-electron chi connectivity index (χ1n) is 9.04. The van der Waals surface area contributed by atoms with Crippen molar-refractivity contribution in [2.75, 3.05) is 26.0 Å². The number of anilines is 1. The highest BCUT2D eigenvalue weighted by Gasteiger charge is 2.20. The van der Waals surface area contributed by atoms with Crippen LogP contribution in [0.2, 0.25) is 0 Å². The van der Waals surface area contributed by atoms with Gasteiger partial charge < -0.3 is 10.1 Å². The summed E-state index contributed by atoms with van der Waals surface area (Å²) < 4.78 is 30.9. The van der Waals surface area contributed by atoms with Crippen molar-refractivity contribution in [2.24, 2.45) is 0 Å². The fourth-order valence-corrected chi connectivity index (χ4v) is 3.88. The summed E-state index contributed by atoms with van der Waals surface area (Å²) >= 11 is 0. The van der Waals surface area contributed by atoms with E-state index in [1.807, 2.05) is 18.2 Å². The van der Waals surface area contributed by atoms with E-state index >= 15 is 0 Å². The number of benzene rings is 2. The third-order valence-electron chi connectivity index (χ3n) is 4.37. The van der Waals surface area contributed by atoms with Crippen molar-refractivity contribution in [1.29, 1.82) is 0 Å². The molecule has 3 aromatic rings. The van der Waals surface area contributed by atoms with Crippen molar-refractivity contribution in [1.82, 2.24) is 9.29 Å². The number of aromatic nitrogens is 1. The number of nitrogens with zero attached hydrogens (tertiary/aromatic N) is 2. The zero-order chi connectivity index (χ0) is 21.9. The molecule has 0 saturated heterocycles. The molecule has 0 aliphatic rings. The smallest absolute Gasteiger partial charge is 0.357 e. The SMILES string of the molecule is Cc1ccc(NC(=O)COC(=O)c2ccc3ccccc3n2)cc1S(=O)(=O)N(C)C. The molecule has 30 heavy (non-hydrogen) atoms. The molecule has 0 fully saturated rings. The number of nitrogens with one attached hydrogen (secondary N) is 1. The summed E-state index contributed by atoms with van der Waals surface area (Å²) in [6, 6.07) is 15.1. The van der Waals surface area contributed by atoms with E-state index in [0.717, 1.165) is 9.69 Å². The van der Waals surface area contributed by atoms with Crippen LogP contribution in [0.5, 0.6) is 0 Å². The zero-order valence-corrected chi connectivity index (χ0v) is 17.6. The second-order valence-electron chi connectivity index (χ2n) is 6.78. The predicted octanol–water partition coefficient (Wildman–Crippen LogP) is 2.59. The normalized spacial score (nSPS) is 11.5. The summed E-state index contributed by atoms with van der Waals surface area (Å²) in [5.74, 6) is -1.32. The highest BCUT2D eigenvalue weighted by Crippen LogP contribution is 2.22. The Morgan fingerprint density at radius 3 is 2.53 bits per heavy atom. The number of sulfonamides is 1. The average Bonchev–Trinajstić information content (AvgIpc) is 2.72. The molecule has 1 amide bonds. The topological polar surface area (TPSA) is 106 Å². The van der Waals surface area contributed by atoms with E-state index in [-0.39, 0.29) is 16.3 Å². The van der Waals surface area contributed by atoms with Gasteiger partial charge in [0.05, 0.1) is 10.4 Å². The predicted molar refractivity (Wildman–Crippen MR) is 113 cm³/mol. The molecule has 0 aliphatic carbocycles. The maximum atomic E-state index is 12.4. The van der Waals surface area contributed by atoms with Crippen molar-refractivity contribution in [3.05, 3.63) is 65.9 Å². The van der Waals surface area contributed by atoms with Gasteiger partial charge in [-0.25, -0.2) is 22.5 Å². The number of fused-ring (bicyclic) bond motifs is 1. The number of rotatable bonds is 6. The van der Waals surface area contributed by atoms with E-state index < -0.39 is 28.5 Å². The molecule has 8 nitrogen and oxygen atoms in total. The molecule has 0 bridgehead atoms. The van der Waals surface area contributed by atoms with Gasteiger partial charge in [-0.15, -0.1) is 0 Å². The Hall–Kier alpha value is -3.30. The van der Waals surface area contributed by atoms with E-state index in [9.17, 15) is 18.0 Å². The lowest BCUT2D eigenvalue weighted by Crippen LogP contribution is -2.24. The molecular formula is C21H21N3O5S. The monoisotopic (exact) mass is 427 g/mol. The van der Waals surface area contributed by atoms with Crippen LogP contribution in [0.15, 0.2) is 59.5 Å². The Bertz CT molecular complexity index is 1220. The molecule has 156 valence electrons. The highest BCUT2D eigenvalue weighted by atomic mass is 32.2. The lowest BCUT2D eigenvalue weighted by Gasteiger charge is -2.15. The Labute approximate surface area is 174 Å². The number of amides is 1. The van der Waals surface area contributed by atoms with E-state index in [1.54, 1.807) is 31.2 Å². The fourth-order valence-electron chi connectivity index (χ4n) is 2.73. The number of carbonyl (C=O) groups is 2. The molecular weight excluding hydrogens is 406 g/mol. The van der Waals surface area contributed by atoms with Crippen LogP contribution < -0.4 is 5.32 Å². The summed E-state index contributed by atoms with van der Waals surface area (Å²) in [5.41, 5.74) is 1.57. The van der Waals surface area contributed by atoms with Gasteiger partial charge in [-0.05, 0) is 36.8 Å². The molecule has 3 rings (SSSR count). The maximum Gasteiger partial charge on any atom is 0.357 e. The molecule has 1 aromatic heterocycles. The van der Waals surface area contributed by atoms with Crippen LogP contribution in [0.25, 0.3) is 10.9 Å². The van der Waals surface area contributed by atoms with Crippen LogP contribution in [0.4, 0.5) is 5.69 Å². The van der Waals surface area contributed by atoms with Gasteiger partial charge in [-0.2, -0.15) is 0 Å². The fraction of sp³-hybridized carbons (Fsp3) is 0.190. The molecule has 0 radical (unpaired) electrons. The van der Waals surface area contributed by atoms with Crippen molar-refractivity contribution in [3.8, 4) is 0 Å². The summed E-state index contributed by atoms with van der Waals surface area (Å²) in [6.07, 6.45) is 0. The van der Waals surface area contributed by atoms with Gasteiger partial charge in [0.1, 0.15) is 5.69 Å². The second-order valence-corrected chi connectivity index (χ2v) is 8.90. The van der Waals surface area contributed by atoms with Crippen LogP contribution in [0, 0.1) is 6.92 Å². The number of carbonyl (C=O) groups excluding carboxylic acids is 2. The minimum absolute atomic E-state index is 0.0858. The molecule has 9 heteroatoms. The van der Waals surface area contributed by atoms with E-state index in [4.69, 9.17) is 4.74 Å². The van der Waals surface area contributed by atoms with Gasteiger partial charge in [-0.1, -0.05) is 30.3 Å². The number of aryl methyl sites for hydroxylation is 1. The zero-order valence-electron chi connectivity index (χ0n) is 16.7. The van der Waals surface area contributed by atoms with E-state index in [1.165, 1.54) is 26.2 Å². The molecule has 0 aliphatic heterocycles. The van der Waals surface area contributed by atoms with Gasteiger partial charge in [0.15, 0.2) is 6.61 Å². The number of esters is 1. The quantitative estimate of drug-likeness (QED) is 0.606. The minimum atomic E-state index is -3.66. The summed E-state index contributed by atoms with van der Waals surface area (Å²) in [6.45, 7) is 1.14. The number of pyridine rings is 1. The van der Waals surface area contributed by atoms with E-state index in [2.05, 4.69) is 10.3 Å². The van der Waals surface area contributed by atoms with Crippen molar-refractivity contribution in [2.45, 2.75) is 11.8 Å². The molecule has 0 saturated carbocycles. The van der Waals surface area contributed by atoms with Gasteiger partial charge >= 0.3 is 5.97 Å². The van der Waals surface area contributed by atoms with Crippen LogP contribution in [0.1, 0.15) is 16.1 Å². The third-order valence-corrected chi connectivity index (χ3v) is 6.33. The van der Waals surface area contributed by atoms with Crippen LogP contribution in [-0.2, 0) is 19.6 Å². The lowest BCUT2D eigenvalue weighted by atomic mass is 10.2. The first-order chi connectivity index (χ1) is 14.2. The van der Waals surface area contributed by atoms with Gasteiger partial charge in [0.2, 0.25) is 10.0 Å². The van der Waals surface area contributed by atoms with Gasteiger partial charge in [0.25, 0.3) is 5.91 Å². The summed E-state index contributed by atoms with van der Waals surface area (Å²) in [5, 5.41) is 3.42. The molecule has 2 aromatic carbocycles. The number of para-hydroxylation sites is 1. The maximum absolute atomic E-state index is 12.4. The van der Waals surface area contributed by atoms with Crippen molar-refractivity contribution in [3.63, 3.8) is 0 Å². The largest absolute Gasteiger partial charge is 0.451 e. The Balaban J connectivity index is 1.66. The van der Waals surface area contributed by atoms with Crippen LogP contribution >= 0.6 is 0 Å². The van der Waals surface area contributed by atoms with Crippen LogP contribution in [0.3, 0.4) is 0 Å². The highest BCUT2D eigenvalue weighted by molar-refractivity contribution is 7.89. The molecule has 0 unspecified atom stereocenters. The van der Waals surface area contributed by atoms with E-state index in [0.29, 0.717) is 11.1 Å². The summed E-state index contributed by atoms with van der Waals surface area (Å²) in [7, 11) is -0.795. The Morgan fingerprint density at radius 2 is 1.80 bits per heavy atom. The molecule has 1 N–H and O–H groups in total. The van der Waals surface area contributed by atoms with Crippen LogP contribution in [-0.4, -0.2) is 50.3 Å². The van der Waals surface area contributed by atoms with Gasteiger partial charge in [0, 0.05) is 25.2 Å². The summed E-state index contributed by atoms with van der Waals surface area (Å²) in [4.78, 5) is 28.7. The minimum Gasteiger partial charge on any atom is -0.451 e. The number of hydrogen-bond acceptors (Lipinski definition) is 6. The molecule has 0 spiro atoms. The lowest BCUT2D eigenvalue weighted by molar-refractivity contribution is -0.119. The Morgan fingerprint density at radius 1 is 1.07 bits per heavy atom. The van der Waals surface area contributed by atoms with Gasteiger partial charge in [-0.3, -0.25) is 4.79 Å². The second kappa shape index (κ2) is 8.60. The first-order valence-corrected chi connectivity index (χ1v) is 10.5. The number of hydrogen-bond donors (Lipinski definition) is 1. The first kappa shape index (κ1) is 21.4. The Kier molecular flexibility index (Phi) is 6.14. The molecule has 0 atom stereocenters. The number of ether oxygens (including phenoxy) is 1. The standard InChI is InChI=1S/C21H21N3O5S/c1-14-8-10-16(12-19(14)30(27,28)24(2)3)22-20(25)13-29-21(26)18-11-9-15-6-4-5-7-17(15)23-18/h4-12H,13H2,1-3H3,(H,22,25). The van der Waals surface area contributed by atoms with Crippen molar-refractivity contribution >= 4 is 38.5 Å². The molecule has 1 heterocycles. The average molecular weight is 427 g/mol. The third kappa shape index (κ3) is 4.64. The van der Waals surface area contributed by atoms with Crippen molar-refractivity contribution < 1.29 is 22.7 Å².